The van der Waals surface area contributed by atoms with Crippen LogP contribution in [0.15, 0.2) is 47.1 Å². The van der Waals surface area contributed by atoms with Crippen LogP contribution < -0.4 is 10.6 Å². The maximum absolute atomic E-state index is 12.2. The van der Waals surface area contributed by atoms with E-state index in [-0.39, 0.29) is 18.1 Å². The number of carboxylic acids is 1. The Balaban J connectivity index is 1.86. The summed E-state index contributed by atoms with van der Waals surface area (Å²) < 4.78 is 11.0. The summed E-state index contributed by atoms with van der Waals surface area (Å²) >= 11 is 0. The Labute approximate surface area is 152 Å². The van der Waals surface area contributed by atoms with E-state index in [0.29, 0.717) is 24.9 Å². The molecule has 0 aliphatic carbocycles. The monoisotopic (exact) mass is 360 g/mol. The smallest absolute Gasteiger partial charge is 0.335 e. The van der Waals surface area contributed by atoms with Gasteiger partial charge in [0.05, 0.1) is 18.4 Å². The molecule has 0 bridgehead atoms. The standard InChI is InChI=1S/C19H24N2O5/c1-13(2)11-25-12-16(17-4-3-9-26-17)21-19(24)20-10-14-5-7-15(8-6-14)18(22)23/h3-9,13,16H,10-12H2,1-2H3,(H,22,23)(H2,20,21,24). The normalized spacial score (nSPS) is 12.0. The van der Waals surface area contributed by atoms with Gasteiger partial charge in [-0.1, -0.05) is 26.0 Å². The van der Waals surface area contributed by atoms with Gasteiger partial charge in [0.15, 0.2) is 0 Å². The minimum atomic E-state index is -0.982. The zero-order chi connectivity index (χ0) is 18.9. The SMILES string of the molecule is CC(C)COCC(NC(=O)NCc1ccc(C(=O)O)cc1)c1ccco1. The van der Waals surface area contributed by atoms with Crippen LogP contribution in [0.5, 0.6) is 0 Å². The zero-order valence-corrected chi connectivity index (χ0v) is 14.9. The minimum Gasteiger partial charge on any atom is -0.478 e. The van der Waals surface area contributed by atoms with Gasteiger partial charge in [-0.3, -0.25) is 0 Å². The van der Waals surface area contributed by atoms with Gasteiger partial charge in [0.2, 0.25) is 0 Å². The van der Waals surface area contributed by atoms with E-state index in [4.69, 9.17) is 14.3 Å². The van der Waals surface area contributed by atoms with E-state index >= 15 is 0 Å². The average Bonchev–Trinajstić information content (AvgIpc) is 3.13. The van der Waals surface area contributed by atoms with Gasteiger partial charge < -0.3 is 24.9 Å². The number of carboxylic acid groups (broad SMARTS) is 1. The summed E-state index contributed by atoms with van der Waals surface area (Å²) in [5, 5.41) is 14.5. The molecule has 0 spiro atoms. The number of rotatable bonds is 9. The molecule has 1 heterocycles. The first-order valence-electron chi connectivity index (χ1n) is 8.43. The minimum absolute atomic E-state index is 0.207. The summed E-state index contributed by atoms with van der Waals surface area (Å²) in [6.45, 7) is 5.29. The van der Waals surface area contributed by atoms with Crippen LogP contribution in [0.25, 0.3) is 0 Å². The quantitative estimate of drug-likeness (QED) is 0.637. The first-order chi connectivity index (χ1) is 12.5. The second kappa shape index (κ2) is 9.62. The molecule has 0 aliphatic heterocycles. The van der Waals surface area contributed by atoms with E-state index in [1.54, 1.807) is 30.5 Å². The highest BCUT2D eigenvalue weighted by molar-refractivity contribution is 5.87. The lowest BCUT2D eigenvalue weighted by Crippen LogP contribution is -2.39. The number of ether oxygens (including phenoxy) is 1. The molecular formula is C19H24N2O5. The molecule has 0 saturated carbocycles. The van der Waals surface area contributed by atoms with Gasteiger partial charge in [-0.15, -0.1) is 0 Å². The first-order valence-corrected chi connectivity index (χ1v) is 8.43. The third kappa shape index (κ3) is 6.25. The average molecular weight is 360 g/mol. The molecule has 0 saturated heterocycles. The molecule has 1 aromatic heterocycles. The van der Waals surface area contributed by atoms with Crippen LogP contribution in [0.2, 0.25) is 0 Å². The third-order valence-corrected chi connectivity index (χ3v) is 3.58. The summed E-state index contributed by atoms with van der Waals surface area (Å²) in [5.74, 6) is 0.0366. The molecule has 0 radical (unpaired) electrons. The van der Waals surface area contributed by atoms with Gasteiger partial charge in [0.25, 0.3) is 0 Å². The van der Waals surface area contributed by atoms with E-state index < -0.39 is 12.0 Å². The predicted octanol–water partition coefficient (Wildman–Crippen LogP) is 3.19. The Kier molecular flexibility index (Phi) is 7.23. The molecular weight excluding hydrogens is 336 g/mol. The van der Waals surface area contributed by atoms with E-state index in [1.165, 1.54) is 12.1 Å². The summed E-state index contributed by atoms with van der Waals surface area (Å²) in [5.41, 5.74) is 1.01. The van der Waals surface area contributed by atoms with Gasteiger partial charge in [-0.05, 0) is 35.7 Å². The molecule has 7 nitrogen and oxygen atoms in total. The number of hydrogen-bond acceptors (Lipinski definition) is 4. The molecule has 140 valence electrons. The third-order valence-electron chi connectivity index (χ3n) is 3.58. The topological polar surface area (TPSA) is 101 Å². The predicted molar refractivity (Wildman–Crippen MR) is 95.9 cm³/mol. The highest BCUT2D eigenvalue weighted by Crippen LogP contribution is 2.14. The van der Waals surface area contributed by atoms with Crippen molar-refractivity contribution < 1.29 is 23.8 Å². The molecule has 2 aromatic rings. The maximum Gasteiger partial charge on any atom is 0.335 e. The molecule has 7 heteroatoms. The van der Waals surface area contributed by atoms with Gasteiger partial charge >= 0.3 is 12.0 Å². The van der Waals surface area contributed by atoms with Crippen molar-refractivity contribution in [3.63, 3.8) is 0 Å². The summed E-state index contributed by atoms with van der Waals surface area (Å²) in [6.07, 6.45) is 1.55. The van der Waals surface area contributed by atoms with Crippen LogP contribution in [-0.2, 0) is 11.3 Å². The summed E-state index contributed by atoms with van der Waals surface area (Å²) in [7, 11) is 0. The van der Waals surface area contributed by atoms with E-state index in [0.717, 1.165) is 5.56 Å². The number of carbonyl (C=O) groups excluding carboxylic acids is 1. The molecule has 26 heavy (non-hydrogen) atoms. The summed E-state index contributed by atoms with van der Waals surface area (Å²) in [6, 6.07) is 9.13. The van der Waals surface area contributed by atoms with Gasteiger partial charge in [0.1, 0.15) is 11.8 Å². The van der Waals surface area contributed by atoms with E-state index in [1.807, 2.05) is 0 Å². The number of nitrogens with one attached hydrogen (secondary N) is 2. The number of aromatic carboxylic acids is 1. The zero-order valence-electron chi connectivity index (χ0n) is 14.9. The Morgan fingerprint density at radius 1 is 1.15 bits per heavy atom. The van der Waals surface area contributed by atoms with Gasteiger partial charge in [0, 0.05) is 13.2 Å². The Morgan fingerprint density at radius 2 is 1.88 bits per heavy atom. The lowest BCUT2D eigenvalue weighted by atomic mass is 10.1. The Morgan fingerprint density at radius 3 is 2.46 bits per heavy atom. The lowest BCUT2D eigenvalue weighted by molar-refractivity contribution is 0.0697. The van der Waals surface area contributed by atoms with Crippen LogP contribution in [0.3, 0.4) is 0 Å². The maximum atomic E-state index is 12.2. The van der Waals surface area contributed by atoms with Crippen molar-refractivity contribution in [2.24, 2.45) is 5.92 Å². The van der Waals surface area contributed by atoms with Crippen molar-refractivity contribution in [2.75, 3.05) is 13.2 Å². The van der Waals surface area contributed by atoms with Gasteiger partial charge in [-0.25, -0.2) is 9.59 Å². The van der Waals surface area contributed by atoms with Crippen molar-refractivity contribution in [1.29, 1.82) is 0 Å². The fourth-order valence-corrected chi connectivity index (χ4v) is 2.26. The number of furan rings is 1. The summed E-state index contributed by atoms with van der Waals surface area (Å²) in [4.78, 5) is 23.0. The molecule has 2 rings (SSSR count). The van der Waals surface area contributed by atoms with Crippen LogP contribution in [0.4, 0.5) is 4.79 Å². The van der Waals surface area contributed by atoms with Crippen molar-refractivity contribution in [3.05, 3.63) is 59.5 Å². The van der Waals surface area contributed by atoms with Crippen LogP contribution in [0, 0.1) is 5.92 Å². The number of carbonyl (C=O) groups is 2. The van der Waals surface area contributed by atoms with Gasteiger partial charge in [-0.2, -0.15) is 0 Å². The fraction of sp³-hybridized carbons (Fsp3) is 0.368. The van der Waals surface area contributed by atoms with Crippen LogP contribution in [0.1, 0.15) is 41.6 Å². The molecule has 1 atom stereocenters. The highest BCUT2D eigenvalue weighted by atomic mass is 16.5. The first kappa shape index (κ1) is 19.5. The number of urea groups is 1. The van der Waals surface area contributed by atoms with Crippen molar-refractivity contribution in [1.82, 2.24) is 10.6 Å². The Hall–Kier alpha value is -2.80. The number of amides is 2. The Bertz CT molecular complexity index is 695. The second-order valence-electron chi connectivity index (χ2n) is 6.33. The van der Waals surface area contributed by atoms with Crippen LogP contribution >= 0.6 is 0 Å². The van der Waals surface area contributed by atoms with E-state index in [9.17, 15) is 9.59 Å². The highest BCUT2D eigenvalue weighted by Gasteiger charge is 2.17. The molecule has 3 N–H and O–H groups in total. The fourth-order valence-electron chi connectivity index (χ4n) is 2.26. The van der Waals surface area contributed by atoms with Crippen molar-refractivity contribution in [3.8, 4) is 0 Å². The van der Waals surface area contributed by atoms with Crippen molar-refractivity contribution in [2.45, 2.75) is 26.4 Å². The second-order valence-corrected chi connectivity index (χ2v) is 6.33. The molecule has 1 unspecified atom stereocenters. The number of hydrogen-bond donors (Lipinski definition) is 3. The molecule has 0 fully saturated rings. The molecule has 1 aromatic carbocycles. The van der Waals surface area contributed by atoms with Crippen molar-refractivity contribution >= 4 is 12.0 Å². The largest absolute Gasteiger partial charge is 0.478 e. The lowest BCUT2D eigenvalue weighted by Gasteiger charge is -2.18. The van der Waals surface area contributed by atoms with E-state index in [2.05, 4.69) is 24.5 Å². The molecule has 0 aliphatic rings. The number of benzene rings is 1. The molecule has 2 amide bonds. The van der Waals surface area contributed by atoms with Crippen LogP contribution in [-0.4, -0.2) is 30.3 Å².